The minimum Gasteiger partial charge on any atom is -0.497 e. The maximum absolute atomic E-state index is 6.58. The highest BCUT2D eigenvalue weighted by molar-refractivity contribution is 7.02. The van der Waals surface area contributed by atoms with Crippen LogP contribution in [0.15, 0.2) is 303 Å². The van der Waals surface area contributed by atoms with Crippen LogP contribution in [-0.2, 0) is 0 Å². The maximum atomic E-state index is 6.58. The monoisotopic (exact) mass is 1250 g/mol. The average molecular weight is 1250 g/mol. The summed E-state index contributed by atoms with van der Waals surface area (Å²) in [5, 5.41) is 7.57. The molecule has 0 aromatic heterocycles. The minimum absolute atomic E-state index is 0.132. The number of rotatable bonds is 10. The largest absolute Gasteiger partial charge is 0.497 e. The fourth-order valence-electron chi connectivity index (χ4n) is 17.7. The van der Waals surface area contributed by atoms with Crippen LogP contribution < -0.4 is 52.1 Å². The topological polar surface area (TPSA) is 24.9 Å². The summed E-state index contributed by atoms with van der Waals surface area (Å²) in [4.78, 5) is 5.00. The average Bonchev–Trinajstić information content (AvgIpc) is 0.441. The molecule has 0 amide bonds. The molecule has 4 nitrogen and oxygen atoms in total. The number of anilines is 6. The van der Waals surface area contributed by atoms with Gasteiger partial charge in [0.2, 0.25) is 13.4 Å². The number of ether oxygens (including phenoxy) is 2. The van der Waals surface area contributed by atoms with E-state index in [0.717, 1.165) is 50.9 Å². The van der Waals surface area contributed by atoms with E-state index in [2.05, 4.69) is 327 Å². The normalized spacial score (nSPS) is 12.8. The van der Waals surface area contributed by atoms with E-state index in [1.807, 2.05) is 7.11 Å². The molecular formula is C92H62B2N2O2. The number of hydrogen-bond donors (Lipinski definition) is 0. The molecule has 20 rings (SSSR count). The fraction of sp³-hybridized carbons (Fsp3) is 0.0435. The first kappa shape index (κ1) is 56.3. The number of nitrogens with zero attached hydrogens (tertiary/aromatic N) is 2. The van der Waals surface area contributed by atoms with Crippen LogP contribution in [-0.4, -0.2) is 27.6 Å². The van der Waals surface area contributed by atoms with Gasteiger partial charge in [-0.05, 0) is 229 Å². The van der Waals surface area contributed by atoms with Gasteiger partial charge in [0.1, 0.15) is 11.5 Å². The lowest BCUT2D eigenvalue weighted by Crippen LogP contribution is -2.60. The Bertz CT molecular complexity index is 5870. The van der Waals surface area contributed by atoms with Crippen molar-refractivity contribution in [3.05, 3.63) is 314 Å². The number of fused-ring (bicyclic) bond motifs is 8. The van der Waals surface area contributed by atoms with E-state index < -0.39 is 0 Å². The molecule has 0 N–H and O–H groups in total. The predicted molar refractivity (Wildman–Crippen MR) is 415 cm³/mol. The van der Waals surface area contributed by atoms with Gasteiger partial charge < -0.3 is 19.3 Å². The second kappa shape index (κ2) is 21.7. The van der Waals surface area contributed by atoms with E-state index in [9.17, 15) is 0 Å². The van der Waals surface area contributed by atoms with Crippen molar-refractivity contribution in [2.75, 3.05) is 24.0 Å². The molecule has 16 aromatic carbocycles. The van der Waals surface area contributed by atoms with Crippen molar-refractivity contribution in [2.24, 2.45) is 0 Å². The van der Waals surface area contributed by atoms with E-state index >= 15 is 0 Å². The summed E-state index contributed by atoms with van der Waals surface area (Å²) in [6.45, 7) is 4.20. The Labute approximate surface area is 571 Å². The van der Waals surface area contributed by atoms with Crippen molar-refractivity contribution >= 4 is 113 Å². The quantitative estimate of drug-likeness (QED) is 0.101. The highest BCUT2D eigenvalue weighted by atomic mass is 16.5. The number of hydrogen-bond acceptors (Lipinski definition) is 4. The van der Waals surface area contributed by atoms with Gasteiger partial charge in [0.25, 0.3) is 0 Å². The Morgan fingerprint density at radius 3 is 1.07 bits per heavy atom. The van der Waals surface area contributed by atoms with Gasteiger partial charge in [-0.3, -0.25) is 0 Å². The fourth-order valence-corrected chi connectivity index (χ4v) is 17.7. The molecule has 0 bridgehead atoms. The summed E-state index contributed by atoms with van der Waals surface area (Å²) in [5.41, 5.74) is 35.9. The van der Waals surface area contributed by atoms with Crippen molar-refractivity contribution < 1.29 is 9.47 Å². The van der Waals surface area contributed by atoms with Gasteiger partial charge in [-0.15, -0.1) is 0 Å². The molecule has 0 unspecified atom stereocenters. The molecule has 4 aliphatic heterocycles. The third kappa shape index (κ3) is 8.15. The van der Waals surface area contributed by atoms with Crippen molar-refractivity contribution in [2.45, 2.75) is 13.8 Å². The summed E-state index contributed by atoms with van der Waals surface area (Å²) < 4.78 is 12.8. The number of aryl methyl sites for hydroxylation is 2. The Morgan fingerprint density at radius 2 is 0.633 bits per heavy atom. The highest BCUT2D eigenvalue weighted by Crippen LogP contribution is 2.56. The first-order valence-electron chi connectivity index (χ1n) is 34.1. The van der Waals surface area contributed by atoms with Crippen LogP contribution in [0.25, 0.3) is 121 Å². The van der Waals surface area contributed by atoms with Crippen LogP contribution in [0.4, 0.5) is 34.1 Å². The van der Waals surface area contributed by atoms with Gasteiger partial charge in [0.15, 0.2) is 0 Å². The number of benzene rings is 16. The maximum Gasteiger partial charge on any atom is 0.248 e. The van der Waals surface area contributed by atoms with Crippen molar-refractivity contribution in [3.63, 3.8) is 0 Å². The molecule has 0 aliphatic carbocycles. The molecule has 4 aliphatic rings. The number of para-hydroxylation sites is 2. The molecule has 6 heteroatoms. The SMILES string of the molecule is COc1ccc2c(c1)N(c1ccccc1)c1cc(OC)cc3c1B2c1cc2c(-c4c(-c5ccccc5)cccc4-c4ccccc4)cc4c5c(cc6c(-c7c(-c8ccccc8)cccc7-c7ccccc7)cc-3c1c6c25)B1c2ccc(C)cc2N(c2ccccc2)c2cc(C)cc-4c21. The highest BCUT2D eigenvalue weighted by Gasteiger charge is 2.46. The van der Waals surface area contributed by atoms with Gasteiger partial charge in [0.05, 0.1) is 14.2 Å². The molecule has 458 valence electrons. The Morgan fingerprint density at radius 1 is 0.255 bits per heavy atom. The van der Waals surface area contributed by atoms with Crippen molar-refractivity contribution in [1.82, 2.24) is 0 Å². The lowest BCUT2D eigenvalue weighted by Gasteiger charge is -2.42. The zero-order chi connectivity index (χ0) is 65.0. The third-order valence-electron chi connectivity index (χ3n) is 21.7. The van der Waals surface area contributed by atoms with Crippen LogP contribution in [0.2, 0.25) is 0 Å². The molecule has 0 saturated carbocycles. The van der Waals surface area contributed by atoms with E-state index in [4.69, 9.17) is 9.47 Å². The summed E-state index contributed by atoms with van der Waals surface area (Å²) in [6, 6.07) is 114. The minimum atomic E-state index is -0.213. The Hall–Kier alpha value is -12.1. The van der Waals surface area contributed by atoms with Crippen LogP contribution in [0.5, 0.6) is 11.5 Å². The second-order valence-electron chi connectivity index (χ2n) is 26.9. The molecule has 0 fully saturated rings. The number of methoxy groups -OCH3 is 2. The Balaban J connectivity index is 1.05. The lowest BCUT2D eigenvalue weighted by atomic mass is 9.31. The molecule has 0 spiro atoms. The van der Waals surface area contributed by atoms with Crippen molar-refractivity contribution in [1.29, 1.82) is 0 Å². The van der Waals surface area contributed by atoms with Crippen LogP contribution in [0.3, 0.4) is 0 Å². The van der Waals surface area contributed by atoms with Gasteiger partial charge in [-0.2, -0.15) is 0 Å². The zero-order valence-corrected chi connectivity index (χ0v) is 54.7. The summed E-state index contributed by atoms with van der Waals surface area (Å²) in [5.74, 6) is 1.59. The molecule has 16 aromatic rings. The predicted octanol–water partition coefficient (Wildman–Crippen LogP) is 19.8. The van der Waals surface area contributed by atoms with Crippen molar-refractivity contribution in [3.8, 4) is 101 Å². The Kier molecular flexibility index (Phi) is 12.5. The van der Waals surface area contributed by atoms with Crippen LogP contribution >= 0.6 is 0 Å². The van der Waals surface area contributed by atoms with Gasteiger partial charge in [-0.1, -0.05) is 241 Å². The van der Waals surface area contributed by atoms with E-state index in [0.29, 0.717) is 0 Å². The first-order chi connectivity index (χ1) is 48.4. The molecule has 4 heterocycles. The van der Waals surface area contributed by atoms with Crippen LogP contribution in [0, 0.1) is 13.8 Å². The van der Waals surface area contributed by atoms with Gasteiger partial charge in [0, 0.05) is 46.3 Å². The van der Waals surface area contributed by atoms with E-state index in [1.165, 1.54) is 160 Å². The lowest BCUT2D eigenvalue weighted by molar-refractivity contribution is 0.415. The standard InChI is InChI=1S/C92H62B2N2O2/c1-55-41-43-77-81(46-55)95(61-33-19-9-20-34-61)83-47-56(2)45-75-71-51-69(85-65(57-25-11-5-12-26-57)37-23-38-66(85)58-27-13-6-14-28-58)73-54-80-88-72(76-48-64(98-4)50-84-92(76)94(80)78-44-42-63(97-3)49-82(78)96(84)62-35-21-10-22-36-62)52-70(74-53-79(93(77)91(75)83)87(71)89(73)90(74)88)86-67(59-29-15-7-16-30-59)39-24-40-68(86)60-31-17-8-18-32-60/h5-54H,1-4H3. The molecule has 0 atom stereocenters. The van der Waals surface area contributed by atoms with Gasteiger partial charge >= 0.3 is 0 Å². The summed E-state index contributed by atoms with van der Waals surface area (Å²) in [6.07, 6.45) is 0. The zero-order valence-electron chi connectivity index (χ0n) is 54.7. The van der Waals surface area contributed by atoms with Gasteiger partial charge in [-0.25, -0.2) is 0 Å². The smallest absolute Gasteiger partial charge is 0.248 e. The summed E-state index contributed by atoms with van der Waals surface area (Å²) >= 11 is 0. The van der Waals surface area contributed by atoms with E-state index in [-0.39, 0.29) is 13.4 Å². The molecule has 0 radical (unpaired) electrons. The molecule has 0 saturated heterocycles. The van der Waals surface area contributed by atoms with E-state index in [1.54, 1.807) is 7.11 Å². The third-order valence-corrected chi connectivity index (χ3v) is 21.7. The van der Waals surface area contributed by atoms with Crippen LogP contribution in [0.1, 0.15) is 11.1 Å². The summed E-state index contributed by atoms with van der Waals surface area (Å²) in [7, 11) is 3.60. The second-order valence-corrected chi connectivity index (χ2v) is 26.9. The molecular weight excluding hydrogens is 1190 g/mol. The first-order valence-corrected chi connectivity index (χ1v) is 34.1. The molecule has 98 heavy (non-hydrogen) atoms.